The highest BCUT2D eigenvalue weighted by atomic mass is 79.9. The van der Waals surface area contributed by atoms with Crippen molar-refractivity contribution in [2.45, 2.75) is 4.90 Å². The molecular formula is C17H10BrClN2O2S. The van der Waals surface area contributed by atoms with Crippen LogP contribution < -0.4 is 0 Å². The van der Waals surface area contributed by atoms with Gasteiger partial charge >= 0.3 is 0 Å². The molecule has 0 saturated heterocycles. The van der Waals surface area contributed by atoms with Crippen LogP contribution in [0.1, 0.15) is 0 Å². The Balaban J connectivity index is 2.21. The van der Waals surface area contributed by atoms with Crippen LogP contribution in [0, 0.1) is 0 Å². The van der Waals surface area contributed by atoms with E-state index < -0.39 is 10.0 Å². The lowest BCUT2D eigenvalue weighted by Crippen LogP contribution is -2.13. The number of hydrogen-bond acceptors (Lipinski definition) is 3. The summed E-state index contributed by atoms with van der Waals surface area (Å²) < 4.78 is 28.5. The first-order valence-corrected chi connectivity index (χ1v) is 9.66. The van der Waals surface area contributed by atoms with E-state index >= 15 is 0 Å². The summed E-state index contributed by atoms with van der Waals surface area (Å²) in [5.74, 6) is 0. The van der Waals surface area contributed by atoms with Crippen LogP contribution in [-0.2, 0) is 10.0 Å². The van der Waals surface area contributed by atoms with E-state index in [0.717, 1.165) is 9.86 Å². The molecule has 2 aromatic carbocycles. The molecule has 2 heterocycles. The van der Waals surface area contributed by atoms with E-state index in [1.54, 1.807) is 48.5 Å². The molecule has 4 rings (SSSR count). The van der Waals surface area contributed by atoms with Crippen molar-refractivity contribution in [1.29, 1.82) is 0 Å². The first-order valence-electron chi connectivity index (χ1n) is 7.05. The van der Waals surface area contributed by atoms with Gasteiger partial charge in [-0.05, 0) is 36.4 Å². The average Bonchev–Trinajstić information content (AvgIpc) is 2.91. The normalized spacial score (nSPS) is 12.1. The number of nitrogens with zero attached hydrogens (tertiary/aromatic N) is 2. The van der Waals surface area contributed by atoms with Crippen molar-refractivity contribution < 1.29 is 8.42 Å². The lowest BCUT2D eigenvalue weighted by atomic mass is 10.2. The van der Waals surface area contributed by atoms with Gasteiger partial charge in [-0.15, -0.1) is 0 Å². The van der Waals surface area contributed by atoms with Crippen LogP contribution in [0.15, 0.2) is 70.2 Å². The fraction of sp³-hybridized carbons (Fsp3) is 0. The molecule has 0 aliphatic carbocycles. The number of aromatic nitrogens is 2. The molecule has 0 atom stereocenters. The second-order valence-corrected chi connectivity index (χ2v) is 8.34. The molecular weight excluding hydrogens is 412 g/mol. The molecule has 2 aromatic heterocycles. The fourth-order valence-corrected chi connectivity index (χ4v) is 4.87. The largest absolute Gasteiger partial charge is 0.269 e. The van der Waals surface area contributed by atoms with Gasteiger partial charge in [0.1, 0.15) is 0 Å². The van der Waals surface area contributed by atoms with Gasteiger partial charge in [0.25, 0.3) is 10.0 Å². The van der Waals surface area contributed by atoms with Crippen LogP contribution in [-0.4, -0.2) is 17.4 Å². The smallest absolute Gasteiger partial charge is 0.237 e. The standard InChI is InChI=1S/C17H10BrClN2O2S/c18-11-6-7-15-13(10-11)16-14(19)8-9-20-17(16)21(15)24(22,23)12-4-2-1-3-5-12/h1-10H. The van der Waals surface area contributed by atoms with Crippen LogP contribution in [0.25, 0.3) is 21.9 Å². The zero-order valence-corrected chi connectivity index (χ0v) is 15.3. The molecule has 0 unspecified atom stereocenters. The van der Waals surface area contributed by atoms with Crippen LogP contribution in [0.3, 0.4) is 0 Å². The molecule has 120 valence electrons. The number of fused-ring (bicyclic) bond motifs is 3. The Kier molecular flexibility index (Phi) is 3.63. The van der Waals surface area contributed by atoms with Crippen molar-refractivity contribution in [3.05, 3.63) is 70.3 Å². The Bertz CT molecular complexity index is 1190. The van der Waals surface area contributed by atoms with Crippen molar-refractivity contribution in [3.63, 3.8) is 0 Å². The topological polar surface area (TPSA) is 52.0 Å². The maximum Gasteiger partial charge on any atom is 0.269 e. The van der Waals surface area contributed by atoms with Crippen LogP contribution in [0.2, 0.25) is 5.02 Å². The van der Waals surface area contributed by atoms with Gasteiger partial charge < -0.3 is 0 Å². The number of hydrogen-bond donors (Lipinski definition) is 0. The third kappa shape index (κ3) is 2.25. The summed E-state index contributed by atoms with van der Waals surface area (Å²) in [5, 5.41) is 1.82. The third-order valence-electron chi connectivity index (χ3n) is 3.80. The molecule has 0 saturated carbocycles. The lowest BCUT2D eigenvalue weighted by molar-refractivity contribution is 0.590. The summed E-state index contributed by atoms with van der Waals surface area (Å²) in [6.45, 7) is 0. The minimum atomic E-state index is -3.80. The van der Waals surface area contributed by atoms with E-state index in [4.69, 9.17) is 11.6 Å². The van der Waals surface area contributed by atoms with Crippen molar-refractivity contribution >= 4 is 59.5 Å². The molecule has 4 nitrogen and oxygen atoms in total. The Hall–Kier alpha value is -1.89. The molecule has 0 N–H and O–H groups in total. The van der Waals surface area contributed by atoms with Gasteiger partial charge in [-0.1, -0.05) is 45.7 Å². The van der Waals surface area contributed by atoms with Gasteiger partial charge in [0, 0.05) is 21.4 Å². The second-order valence-electron chi connectivity index (χ2n) is 5.24. The Morgan fingerprint density at radius 3 is 2.54 bits per heavy atom. The van der Waals surface area contributed by atoms with E-state index in [0.29, 0.717) is 21.6 Å². The van der Waals surface area contributed by atoms with Crippen molar-refractivity contribution in [2.24, 2.45) is 0 Å². The van der Waals surface area contributed by atoms with Gasteiger partial charge in [-0.2, -0.15) is 0 Å². The number of benzene rings is 2. The van der Waals surface area contributed by atoms with Crippen LogP contribution in [0.4, 0.5) is 0 Å². The van der Waals surface area contributed by atoms with Crippen LogP contribution >= 0.6 is 27.5 Å². The molecule has 7 heteroatoms. The Morgan fingerprint density at radius 2 is 1.79 bits per heavy atom. The zero-order chi connectivity index (χ0) is 16.9. The third-order valence-corrected chi connectivity index (χ3v) is 6.33. The molecule has 0 bridgehead atoms. The number of rotatable bonds is 2. The average molecular weight is 422 g/mol. The first kappa shape index (κ1) is 15.6. The molecule has 24 heavy (non-hydrogen) atoms. The summed E-state index contributed by atoms with van der Waals surface area (Å²) in [7, 11) is -3.80. The Morgan fingerprint density at radius 1 is 1.04 bits per heavy atom. The fourth-order valence-electron chi connectivity index (χ4n) is 2.77. The number of halogens is 2. The summed E-state index contributed by atoms with van der Waals surface area (Å²) in [6, 6.07) is 15.3. The van der Waals surface area contributed by atoms with E-state index in [-0.39, 0.29) is 4.90 Å². The van der Waals surface area contributed by atoms with Crippen molar-refractivity contribution in [2.75, 3.05) is 0 Å². The zero-order valence-electron chi connectivity index (χ0n) is 12.1. The summed E-state index contributed by atoms with van der Waals surface area (Å²) in [6.07, 6.45) is 1.51. The van der Waals surface area contributed by atoms with E-state index in [2.05, 4.69) is 20.9 Å². The molecule has 0 amide bonds. The van der Waals surface area contributed by atoms with Crippen molar-refractivity contribution in [1.82, 2.24) is 8.96 Å². The highest BCUT2D eigenvalue weighted by molar-refractivity contribution is 9.10. The molecule has 4 aromatic rings. The predicted octanol–water partition coefficient (Wildman–Crippen LogP) is 4.84. The molecule has 0 radical (unpaired) electrons. The van der Waals surface area contributed by atoms with E-state index in [9.17, 15) is 8.42 Å². The summed E-state index contributed by atoms with van der Waals surface area (Å²) in [5.41, 5.74) is 0.858. The maximum absolute atomic E-state index is 13.2. The van der Waals surface area contributed by atoms with Gasteiger partial charge in [-0.25, -0.2) is 17.4 Å². The van der Waals surface area contributed by atoms with Gasteiger partial charge in [0.05, 0.1) is 15.4 Å². The highest BCUT2D eigenvalue weighted by Gasteiger charge is 2.25. The van der Waals surface area contributed by atoms with Gasteiger partial charge in [0.2, 0.25) is 0 Å². The van der Waals surface area contributed by atoms with E-state index in [1.165, 1.54) is 10.2 Å². The predicted molar refractivity (Wildman–Crippen MR) is 99.0 cm³/mol. The highest BCUT2D eigenvalue weighted by Crippen LogP contribution is 2.36. The van der Waals surface area contributed by atoms with E-state index in [1.807, 2.05) is 6.07 Å². The second kappa shape index (κ2) is 5.58. The first-order chi connectivity index (χ1) is 11.5. The number of pyridine rings is 1. The minimum Gasteiger partial charge on any atom is -0.237 e. The quantitative estimate of drug-likeness (QED) is 0.465. The Labute approximate surface area is 151 Å². The van der Waals surface area contributed by atoms with Gasteiger partial charge in [0.15, 0.2) is 5.65 Å². The van der Waals surface area contributed by atoms with Crippen LogP contribution in [0.5, 0.6) is 0 Å². The molecule has 0 aliphatic heterocycles. The molecule has 0 fully saturated rings. The van der Waals surface area contributed by atoms with Gasteiger partial charge in [-0.3, -0.25) is 0 Å². The van der Waals surface area contributed by atoms with Crippen molar-refractivity contribution in [3.8, 4) is 0 Å². The minimum absolute atomic E-state index is 0.202. The SMILES string of the molecule is O=S(=O)(c1ccccc1)n1c2ccc(Br)cc2c2c(Cl)ccnc21. The summed E-state index contributed by atoms with van der Waals surface area (Å²) in [4.78, 5) is 4.49. The monoisotopic (exact) mass is 420 g/mol. The maximum atomic E-state index is 13.2. The molecule has 0 spiro atoms. The molecule has 0 aliphatic rings. The lowest BCUT2D eigenvalue weighted by Gasteiger charge is -2.08. The summed E-state index contributed by atoms with van der Waals surface area (Å²) >= 11 is 9.76.